The molecule has 5 heteroatoms. The summed E-state index contributed by atoms with van der Waals surface area (Å²) in [6.07, 6.45) is -0.0879. The molecular weight excluding hydrogens is 359 g/mol. The van der Waals surface area contributed by atoms with Crippen molar-refractivity contribution in [2.24, 2.45) is 35.5 Å². The molecule has 0 saturated heterocycles. The standard InChI is InChI=1S/C22H31F5/c1-14-2-8-17(9-3-14)18-10-6-15(7-11-18)4-5-16-12-19(23)21(20(24)13-16)22(25,26)27/h14-21H,2-3,6-13H2,1H3. The van der Waals surface area contributed by atoms with E-state index in [1.54, 1.807) is 0 Å². The van der Waals surface area contributed by atoms with Gasteiger partial charge in [0.1, 0.15) is 18.3 Å². The van der Waals surface area contributed by atoms with Crippen molar-refractivity contribution in [1.29, 1.82) is 0 Å². The van der Waals surface area contributed by atoms with Crippen LogP contribution in [0.1, 0.15) is 71.1 Å². The van der Waals surface area contributed by atoms with E-state index in [1.807, 2.05) is 0 Å². The summed E-state index contributed by atoms with van der Waals surface area (Å²) in [5.41, 5.74) is 0. The molecule has 0 nitrogen and oxygen atoms in total. The Morgan fingerprint density at radius 1 is 0.667 bits per heavy atom. The molecule has 0 radical (unpaired) electrons. The lowest BCUT2D eigenvalue weighted by Crippen LogP contribution is -2.44. The summed E-state index contributed by atoms with van der Waals surface area (Å²) in [5, 5.41) is 0. The molecular formula is C22H31F5. The molecule has 3 saturated carbocycles. The molecule has 0 amide bonds. The molecule has 3 rings (SSSR count). The molecule has 0 aromatic carbocycles. The molecule has 0 N–H and O–H groups in total. The molecule has 2 unspecified atom stereocenters. The van der Waals surface area contributed by atoms with Crippen LogP contribution in [0.5, 0.6) is 0 Å². The smallest absolute Gasteiger partial charge is 0.247 e. The van der Waals surface area contributed by atoms with E-state index in [0.717, 1.165) is 43.4 Å². The highest BCUT2D eigenvalue weighted by atomic mass is 19.4. The summed E-state index contributed by atoms with van der Waals surface area (Å²) in [5.74, 6) is 5.72. The van der Waals surface area contributed by atoms with Crippen LogP contribution < -0.4 is 0 Å². The Kier molecular flexibility index (Phi) is 6.75. The maximum absolute atomic E-state index is 13.9. The topological polar surface area (TPSA) is 0 Å². The first-order valence-electron chi connectivity index (χ1n) is 10.6. The molecule has 3 aliphatic carbocycles. The van der Waals surface area contributed by atoms with Crippen molar-refractivity contribution in [3.8, 4) is 11.8 Å². The van der Waals surface area contributed by atoms with Gasteiger partial charge in [-0.2, -0.15) is 13.2 Å². The molecule has 0 bridgehead atoms. The number of alkyl halides is 5. The van der Waals surface area contributed by atoms with E-state index in [-0.39, 0.29) is 18.8 Å². The summed E-state index contributed by atoms with van der Waals surface area (Å²) >= 11 is 0. The van der Waals surface area contributed by atoms with Crippen molar-refractivity contribution >= 4 is 0 Å². The quantitative estimate of drug-likeness (QED) is 0.338. The summed E-state index contributed by atoms with van der Waals surface area (Å²) < 4.78 is 66.0. The molecule has 3 fully saturated rings. The van der Waals surface area contributed by atoms with Crippen molar-refractivity contribution in [2.75, 3.05) is 0 Å². The van der Waals surface area contributed by atoms with Gasteiger partial charge >= 0.3 is 6.18 Å². The van der Waals surface area contributed by atoms with Crippen molar-refractivity contribution in [3.63, 3.8) is 0 Å². The van der Waals surface area contributed by atoms with Crippen LogP contribution in [-0.4, -0.2) is 18.5 Å². The largest absolute Gasteiger partial charge is 0.397 e. The third kappa shape index (κ3) is 5.39. The Hall–Kier alpha value is -0.790. The Morgan fingerprint density at radius 2 is 1.11 bits per heavy atom. The van der Waals surface area contributed by atoms with Gasteiger partial charge < -0.3 is 0 Å². The molecule has 0 aliphatic heterocycles. The van der Waals surface area contributed by atoms with E-state index in [9.17, 15) is 22.0 Å². The third-order valence-electron chi connectivity index (χ3n) is 7.17. The zero-order valence-corrected chi connectivity index (χ0v) is 16.1. The Morgan fingerprint density at radius 3 is 1.59 bits per heavy atom. The molecule has 0 heterocycles. The summed E-state index contributed by atoms with van der Waals surface area (Å²) in [7, 11) is 0. The van der Waals surface area contributed by atoms with Gasteiger partial charge in [-0.25, -0.2) is 8.78 Å². The van der Waals surface area contributed by atoms with Crippen LogP contribution in [0.25, 0.3) is 0 Å². The summed E-state index contributed by atoms with van der Waals surface area (Å²) in [6, 6.07) is 0. The fraction of sp³-hybridized carbons (Fsp3) is 0.909. The van der Waals surface area contributed by atoms with Gasteiger partial charge in [-0.05, 0) is 69.1 Å². The van der Waals surface area contributed by atoms with E-state index in [1.165, 1.54) is 25.7 Å². The van der Waals surface area contributed by atoms with Gasteiger partial charge in [-0.1, -0.05) is 31.6 Å². The lowest BCUT2D eigenvalue weighted by molar-refractivity contribution is -0.217. The second-order valence-corrected chi connectivity index (χ2v) is 9.19. The third-order valence-corrected chi connectivity index (χ3v) is 7.17. The van der Waals surface area contributed by atoms with Gasteiger partial charge in [-0.3, -0.25) is 0 Å². The Labute approximate surface area is 159 Å². The maximum atomic E-state index is 13.9. The van der Waals surface area contributed by atoms with Crippen molar-refractivity contribution < 1.29 is 22.0 Å². The normalized spacial score (nSPS) is 43.6. The predicted molar refractivity (Wildman–Crippen MR) is 96.4 cm³/mol. The first-order chi connectivity index (χ1) is 12.7. The van der Waals surface area contributed by atoms with Crippen LogP contribution in [0.15, 0.2) is 0 Å². The number of halogens is 5. The minimum Gasteiger partial charge on any atom is -0.247 e. The van der Waals surface area contributed by atoms with Crippen molar-refractivity contribution in [3.05, 3.63) is 0 Å². The number of rotatable bonds is 1. The van der Waals surface area contributed by atoms with E-state index >= 15 is 0 Å². The first kappa shape index (κ1) is 20.9. The SMILES string of the molecule is CC1CCC(C2CCC(C#CC3CC(F)C(C(F)(F)F)C(F)C3)CC2)CC1. The highest BCUT2D eigenvalue weighted by Gasteiger charge is 2.53. The van der Waals surface area contributed by atoms with E-state index < -0.39 is 30.4 Å². The highest BCUT2D eigenvalue weighted by Crippen LogP contribution is 2.43. The second kappa shape index (κ2) is 8.70. The molecule has 3 aliphatic rings. The average Bonchev–Trinajstić information content (AvgIpc) is 2.59. The molecule has 0 spiro atoms. The lowest BCUT2D eigenvalue weighted by atomic mass is 9.69. The van der Waals surface area contributed by atoms with Crippen molar-refractivity contribution in [1.82, 2.24) is 0 Å². The molecule has 2 atom stereocenters. The van der Waals surface area contributed by atoms with Crippen LogP contribution in [0.4, 0.5) is 22.0 Å². The van der Waals surface area contributed by atoms with Crippen LogP contribution in [0, 0.1) is 47.3 Å². The number of hydrogen-bond acceptors (Lipinski definition) is 0. The monoisotopic (exact) mass is 390 g/mol. The molecule has 0 aromatic heterocycles. The minimum absolute atomic E-state index is 0.236. The van der Waals surface area contributed by atoms with Gasteiger partial charge in [0.2, 0.25) is 0 Å². The van der Waals surface area contributed by atoms with Crippen LogP contribution >= 0.6 is 0 Å². The van der Waals surface area contributed by atoms with E-state index in [2.05, 4.69) is 18.8 Å². The van der Waals surface area contributed by atoms with Gasteiger partial charge in [0, 0.05) is 11.8 Å². The van der Waals surface area contributed by atoms with Gasteiger partial charge in [-0.15, -0.1) is 0 Å². The summed E-state index contributed by atoms with van der Waals surface area (Å²) in [4.78, 5) is 0. The van der Waals surface area contributed by atoms with Gasteiger partial charge in [0.15, 0.2) is 0 Å². The fourth-order valence-corrected chi connectivity index (χ4v) is 5.42. The van der Waals surface area contributed by atoms with Gasteiger partial charge in [0.05, 0.1) is 0 Å². The van der Waals surface area contributed by atoms with Crippen LogP contribution in [-0.2, 0) is 0 Å². The van der Waals surface area contributed by atoms with Crippen LogP contribution in [0.3, 0.4) is 0 Å². The predicted octanol–water partition coefficient (Wildman–Crippen LogP) is 6.89. The van der Waals surface area contributed by atoms with E-state index in [4.69, 9.17) is 0 Å². The highest BCUT2D eigenvalue weighted by molar-refractivity contribution is 5.11. The Balaban J connectivity index is 1.47. The summed E-state index contributed by atoms with van der Waals surface area (Å²) in [6.45, 7) is 2.33. The zero-order valence-electron chi connectivity index (χ0n) is 16.1. The average molecular weight is 390 g/mol. The van der Waals surface area contributed by atoms with Crippen molar-refractivity contribution in [2.45, 2.75) is 89.7 Å². The lowest BCUT2D eigenvalue weighted by Gasteiger charge is -2.36. The zero-order chi connectivity index (χ0) is 19.6. The number of hydrogen-bond donors (Lipinski definition) is 0. The minimum atomic E-state index is -4.81. The molecule has 0 aromatic rings. The van der Waals surface area contributed by atoms with Crippen LogP contribution in [0.2, 0.25) is 0 Å². The fourth-order valence-electron chi connectivity index (χ4n) is 5.42. The first-order valence-corrected chi connectivity index (χ1v) is 10.6. The molecule has 154 valence electrons. The Bertz CT molecular complexity index is 517. The second-order valence-electron chi connectivity index (χ2n) is 9.19. The van der Waals surface area contributed by atoms with E-state index in [0.29, 0.717) is 0 Å². The van der Waals surface area contributed by atoms with Gasteiger partial charge in [0.25, 0.3) is 0 Å². The molecule has 27 heavy (non-hydrogen) atoms. The maximum Gasteiger partial charge on any atom is 0.397 e.